The van der Waals surface area contributed by atoms with Gasteiger partial charge in [0, 0.05) is 12.7 Å². The van der Waals surface area contributed by atoms with Gasteiger partial charge in [-0.2, -0.15) is 0 Å². The SMILES string of the molecule is COc1ccc(NC(=O)C(c2c(C)cccc2C)N(C)C(=O)C(CC(C)C)NC(=O)OC(C)(C)C)cc1. The number of carbonyl (C=O) groups excluding carboxylic acids is 3. The Bertz CT molecular complexity index is 1070. The van der Waals surface area contributed by atoms with Gasteiger partial charge in [0.15, 0.2) is 0 Å². The first-order valence-electron chi connectivity index (χ1n) is 12.5. The summed E-state index contributed by atoms with van der Waals surface area (Å²) in [5, 5.41) is 5.66. The van der Waals surface area contributed by atoms with E-state index in [9.17, 15) is 14.4 Å². The van der Waals surface area contributed by atoms with Gasteiger partial charge in [0.1, 0.15) is 23.4 Å². The minimum atomic E-state index is -0.925. The Morgan fingerprint density at radius 3 is 2.03 bits per heavy atom. The maximum Gasteiger partial charge on any atom is 0.408 e. The van der Waals surface area contributed by atoms with E-state index in [2.05, 4.69) is 10.6 Å². The zero-order chi connectivity index (χ0) is 27.9. The van der Waals surface area contributed by atoms with Crippen molar-refractivity contribution >= 4 is 23.6 Å². The van der Waals surface area contributed by atoms with Gasteiger partial charge in [-0.1, -0.05) is 32.0 Å². The van der Waals surface area contributed by atoms with E-state index in [0.29, 0.717) is 17.9 Å². The normalized spacial score (nSPS) is 12.9. The second kappa shape index (κ2) is 12.6. The maximum atomic E-state index is 13.8. The first kappa shape index (κ1) is 29.7. The van der Waals surface area contributed by atoms with Crippen molar-refractivity contribution in [3.05, 3.63) is 59.2 Å². The number of likely N-dealkylation sites (N-methyl/N-ethyl adjacent to an activating group) is 1. The molecule has 2 atom stereocenters. The molecule has 8 heteroatoms. The highest BCUT2D eigenvalue weighted by Gasteiger charge is 2.35. The molecule has 0 saturated carbocycles. The van der Waals surface area contributed by atoms with Crippen LogP contribution in [-0.2, 0) is 14.3 Å². The van der Waals surface area contributed by atoms with Crippen LogP contribution in [0, 0.1) is 19.8 Å². The van der Waals surface area contributed by atoms with E-state index in [1.165, 1.54) is 4.90 Å². The van der Waals surface area contributed by atoms with Crippen molar-refractivity contribution in [2.45, 2.75) is 72.6 Å². The average molecular weight is 512 g/mol. The lowest BCUT2D eigenvalue weighted by atomic mass is 9.93. The van der Waals surface area contributed by atoms with Gasteiger partial charge in [-0.25, -0.2) is 4.79 Å². The lowest BCUT2D eigenvalue weighted by Gasteiger charge is -2.33. The van der Waals surface area contributed by atoms with E-state index in [1.807, 2.05) is 45.9 Å². The molecule has 2 unspecified atom stereocenters. The second-order valence-electron chi connectivity index (χ2n) is 10.7. The minimum absolute atomic E-state index is 0.115. The van der Waals surface area contributed by atoms with E-state index in [1.54, 1.807) is 59.2 Å². The number of benzene rings is 2. The molecule has 2 aromatic rings. The average Bonchev–Trinajstić information content (AvgIpc) is 2.79. The fourth-order valence-corrected chi connectivity index (χ4v) is 4.16. The molecule has 0 radical (unpaired) electrons. The van der Waals surface area contributed by atoms with Crippen LogP contribution in [0.25, 0.3) is 0 Å². The third kappa shape index (κ3) is 8.51. The molecular weight excluding hydrogens is 470 g/mol. The lowest BCUT2D eigenvalue weighted by molar-refractivity contribution is -0.139. The number of carbonyl (C=O) groups is 3. The van der Waals surface area contributed by atoms with Crippen LogP contribution in [0.1, 0.15) is 63.8 Å². The van der Waals surface area contributed by atoms with Gasteiger partial charge in [0.05, 0.1) is 7.11 Å². The minimum Gasteiger partial charge on any atom is -0.497 e. The Morgan fingerprint density at radius 2 is 1.54 bits per heavy atom. The highest BCUT2D eigenvalue weighted by molar-refractivity contribution is 5.99. The summed E-state index contributed by atoms with van der Waals surface area (Å²) in [6, 6.07) is 10.9. The molecule has 2 aromatic carbocycles. The van der Waals surface area contributed by atoms with Gasteiger partial charge in [-0.05, 0) is 87.9 Å². The first-order chi connectivity index (χ1) is 17.2. The Hall–Kier alpha value is -3.55. The molecular formula is C29H41N3O5. The molecule has 0 spiro atoms. The Kier molecular flexibility index (Phi) is 10.1. The second-order valence-corrected chi connectivity index (χ2v) is 10.7. The van der Waals surface area contributed by atoms with E-state index >= 15 is 0 Å². The summed E-state index contributed by atoms with van der Waals surface area (Å²) in [6.45, 7) is 13.1. The first-order valence-corrected chi connectivity index (χ1v) is 12.5. The van der Waals surface area contributed by atoms with Crippen LogP contribution >= 0.6 is 0 Å². The van der Waals surface area contributed by atoms with Crippen LogP contribution in [0.4, 0.5) is 10.5 Å². The van der Waals surface area contributed by atoms with Crippen LogP contribution in [0.2, 0.25) is 0 Å². The summed E-state index contributed by atoms with van der Waals surface area (Å²) in [5.41, 5.74) is 2.38. The topological polar surface area (TPSA) is 97.0 Å². The van der Waals surface area contributed by atoms with Crippen molar-refractivity contribution in [1.82, 2.24) is 10.2 Å². The Morgan fingerprint density at radius 1 is 0.973 bits per heavy atom. The highest BCUT2D eigenvalue weighted by atomic mass is 16.6. The van der Waals surface area contributed by atoms with E-state index < -0.39 is 23.8 Å². The molecule has 0 aliphatic heterocycles. The molecule has 2 N–H and O–H groups in total. The maximum absolute atomic E-state index is 13.8. The molecule has 2 rings (SSSR count). The zero-order valence-electron chi connectivity index (χ0n) is 23.5. The molecule has 8 nitrogen and oxygen atoms in total. The lowest BCUT2D eigenvalue weighted by Crippen LogP contribution is -2.51. The summed E-state index contributed by atoms with van der Waals surface area (Å²) in [6.07, 6.45) is -0.284. The van der Waals surface area contributed by atoms with Crippen molar-refractivity contribution < 1.29 is 23.9 Å². The standard InChI is InChI=1S/C29H41N3O5/c1-18(2)17-23(31-28(35)37-29(5,6)7)27(34)32(8)25(24-19(3)11-10-12-20(24)4)26(33)30-21-13-15-22(36-9)16-14-21/h10-16,18,23,25H,17H2,1-9H3,(H,30,33)(H,31,35). The molecule has 0 saturated heterocycles. The van der Waals surface area contributed by atoms with Crippen molar-refractivity contribution in [3.8, 4) is 5.75 Å². The van der Waals surface area contributed by atoms with Gasteiger partial charge in [0.25, 0.3) is 5.91 Å². The van der Waals surface area contributed by atoms with Crippen LogP contribution in [0.5, 0.6) is 5.75 Å². The van der Waals surface area contributed by atoms with Crippen LogP contribution in [-0.4, -0.2) is 48.6 Å². The highest BCUT2D eigenvalue weighted by Crippen LogP contribution is 2.29. The molecule has 37 heavy (non-hydrogen) atoms. The number of hydrogen-bond acceptors (Lipinski definition) is 5. The predicted octanol–water partition coefficient (Wildman–Crippen LogP) is 5.39. The van der Waals surface area contributed by atoms with Crippen molar-refractivity contribution in [2.75, 3.05) is 19.5 Å². The smallest absolute Gasteiger partial charge is 0.408 e. The molecule has 3 amide bonds. The fraction of sp³-hybridized carbons (Fsp3) is 0.483. The number of anilines is 1. The molecule has 0 aliphatic rings. The van der Waals surface area contributed by atoms with E-state index in [-0.39, 0.29) is 17.7 Å². The number of rotatable bonds is 9. The van der Waals surface area contributed by atoms with Crippen molar-refractivity contribution in [2.24, 2.45) is 5.92 Å². The van der Waals surface area contributed by atoms with Crippen LogP contribution in [0.15, 0.2) is 42.5 Å². The Balaban J connectivity index is 2.44. The fourth-order valence-electron chi connectivity index (χ4n) is 4.16. The number of methoxy groups -OCH3 is 1. The number of nitrogens with one attached hydrogen (secondary N) is 2. The third-order valence-corrected chi connectivity index (χ3v) is 5.85. The number of amides is 3. The quantitative estimate of drug-likeness (QED) is 0.471. The summed E-state index contributed by atoms with van der Waals surface area (Å²) in [4.78, 5) is 41.5. The zero-order valence-corrected chi connectivity index (χ0v) is 23.5. The van der Waals surface area contributed by atoms with Gasteiger partial charge in [0.2, 0.25) is 5.91 Å². The number of hydrogen-bond donors (Lipinski definition) is 2. The number of alkyl carbamates (subject to hydrolysis) is 1. The number of nitrogens with zero attached hydrogens (tertiary/aromatic N) is 1. The summed E-state index contributed by atoms with van der Waals surface area (Å²) >= 11 is 0. The van der Waals surface area contributed by atoms with Gasteiger partial charge in [-0.3, -0.25) is 9.59 Å². The summed E-state index contributed by atoms with van der Waals surface area (Å²) in [5.74, 6) is 0.0430. The van der Waals surface area contributed by atoms with Crippen LogP contribution in [0.3, 0.4) is 0 Å². The third-order valence-electron chi connectivity index (χ3n) is 5.85. The molecule has 0 fully saturated rings. The van der Waals surface area contributed by atoms with E-state index in [0.717, 1.165) is 16.7 Å². The van der Waals surface area contributed by atoms with Gasteiger partial charge in [-0.15, -0.1) is 0 Å². The van der Waals surface area contributed by atoms with Gasteiger partial charge >= 0.3 is 6.09 Å². The van der Waals surface area contributed by atoms with Crippen molar-refractivity contribution in [3.63, 3.8) is 0 Å². The van der Waals surface area contributed by atoms with E-state index in [4.69, 9.17) is 9.47 Å². The monoisotopic (exact) mass is 511 g/mol. The largest absolute Gasteiger partial charge is 0.497 e. The summed E-state index contributed by atoms with van der Waals surface area (Å²) < 4.78 is 10.6. The number of aryl methyl sites for hydroxylation is 2. The predicted molar refractivity (Wildman–Crippen MR) is 146 cm³/mol. The van der Waals surface area contributed by atoms with Crippen molar-refractivity contribution in [1.29, 1.82) is 0 Å². The van der Waals surface area contributed by atoms with Gasteiger partial charge < -0.3 is 25.0 Å². The molecule has 0 aliphatic carbocycles. The Labute approximate surface area is 220 Å². The van der Waals surface area contributed by atoms with Crippen LogP contribution < -0.4 is 15.4 Å². The number of ether oxygens (including phenoxy) is 2. The molecule has 0 bridgehead atoms. The molecule has 0 aromatic heterocycles. The molecule has 0 heterocycles. The molecule has 202 valence electrons. The summed E-state index contributed by atoms with van der Waals surface area (Å²) in [7, 11) is 3.17.